The molecule has 1 aromatic carbocycles. The first-order valence-electron chi connectivity index (χ1n) is 7.59. The van der Waals surface area contributed by atoms with E-state index in [9.17, 15) is 0 Å². The lowest BCUT2D eigenvalue weighted by atomic mass is 10.1. The number of aromatic nitrogens is 1. The normalized spacial score (nSPS) is 18.6. The molecule has 2 heterocycles. The van der Waals surface area contributed by atoms with E-state index in [1.165, 1.54) is 6.42 Å². The van der Waals surface area contributed by atoms with Crippen LogP contribution >= 0.6 is 0 Å². The molecular formula is C17H22N2O3. The summed E-state index contributed by atoms with van der Waals surface area (Å²) in [6.45, 7) is 3.83. The average molecular weight is 302 g/mol. The van der Waals surface area contributed by atoms with E-state index in [4.69, 9.17) is 14.0 Å². The molecule has 22 heavy (non-hydrogen) atoms. The zero-order valence-corrected chi connectivity index (χ0v) is 13.3. The molecular weight excluding hydrogens is 280 g/mol. The van der Waals surface area contributed by atoms with Crippen LogP contribution in [0.4, 0.5) is 0 Å². The minimum absolute atomic E-state index is 0.323. The van der Waals surface area contributed by atoms with Crippen LogP contribution < -0.4 is 9.47 Å². The predicted molar refractivity (Wildman–Crippen MR) is 83.2 cm³/mol. The first-order chi connectivity index (χ1) is 10.7. The Balaban J connectivity index is 1.80. The maximum absolute atomic E-state index is 5.50. The summed E-state index contributed by atoms with van der Waals surface area (Å²) in [4.78, 5) is 2.43. The summed E-state index contributed by atoms with van der Waals surface area (Å²) >= 11 is 0. The molecule has 0 amide bonds. The van der Waals surface area contributed by atoms with Gasteiger partial charge in [-0.15, -0.1) is 0 Å². The first-order valence-corrected chi connectivity index (χ1v) is 7.59. The Morgan fingerprint density at radius 3 is 2.82 bits per heavy atom. The van der Waals surface area contributed by atoms with Gasteiger partial charge in [-0.25, -0.2) is 0 Å². The second kappa shape index (κ2) is 6.40. The second-order valence-electron chi connectivity index (χ2n) is 5.67. The van der Waals surface area contributed by atoms with Crippen molar-refractivity contribution in [3.63, 3.8) is 0 Å². The lowest BCUT2D eigenvalue weighted by molar-refractivity contribution is 0.233. The topological polar surface area (TPSA) is 47.7 Å². The van der Waals surface area contributed by atoms with E-state index in [0.717, 1.165) is 48.0 Å². The van der Waals surface area contributed by atoms with Crippen LogP contribution in [-0.2, 0) is 6.54 Å². The predicted octanol–water partition coefficient (Wildman–Crippen LogP) is 3.34. The lowest BCUT2D eigenvalue weighted by Crippen LogP contribution is -2.23. The molecule has 118 valence electrons. The monoisotopic (exact) mass is 302 g/mol. The molecule has 0 spiro atoms. The molecule has 2 aromatic rings. The molecule has 0 radical (unpaired) electrons. The largest absolute Gasteiger partial charge is 0.497 e. The zero-order valence-electron chi connectivity index (χ0n) is 13.3. The Hall–Kier alpha value is -2.01. The quantitative estimate of drug-likeness (QED) is 0.848. The van der Waals surface area contributed by atoms with Crippen LogP contribution in [0.25, 0.3) is 0 Å². The van der Waals surface area contributed by atoms with Gasteiger partial charge in [0.05, 0.1) is 20.3 Å². The summed E-state index contributed by atoms with van der Waals surface area (Å²) in [6, 6.07) is 8.34. The molecule has 0 bridgehead atoms. The Morgan fingerprint density at radius 2 is 2.14 bits per heavy atom. The van der Waals surface area contributed by atoms with Crippen molar-refractivity contribution in [1.82, 2.24) is 10.1 Å². The Kier molecular flexibility index (Phi) is 4.34. The minimum Gasteiger partial charge on any atom is -0.497 e. The third-order valence-electron chi connectivity index (χ3n) is 4.22. The fourth-order valence-corrected chi connectivity index (χ4v) is 3.09. The number of rotatable bonds is 5. The summed E-state index contributed by atoms with van der Waals surface area (Å²) in [5.74, 6) is 2.54. The van der Waals surface area contributed by atoms with Gasteiger partial charge in [-0.05, 0) is 32.4 Å². The van der Waals surface area contributed by atoms with Gasteiger partial charge in [0, 0.05) is 24.2 Å². The third kappa shape index (κ3) is 2.95. The number of hydrogen-bond acceptors (Lipinski definition) is 5. The van der Waals surface area contributed by atoms with E-state index in [2.05, 4.69) is 16.1 Å². The molecule has 0 saturated carbocycles. The van der Waals surface area contributed by atoms with Crippen molar-refractivity contribution in [2.45, 2.75) is 32.4 Å². The van der Waals surface area contributed by atoms with Gasteiger partial charge in [-0.1, -0.05) is 11.2 Å². The van der Waals surface area contributed by atoms with Gasteiger partial charge >= 0.3 is 0 Å². The van der Waals surface area contributed by atoms with E-state index in [1.54, 1.807) is 14.2 Å². The molecule has 1 atom stereocenters. The van der Waals surface area contributed by atoms with E-state index in [1.807, 2.05) is 25.1 Å². The SMILES string of the molecule is COc1ccc(CN2CCCC2c2cc(C)on2)c(OC)c1. The van der Waals surface area contributed by atoms with Crippen LogP contribution in [0.15, 0.2) is 28.8 Å². The Morgan fingerprint density at radius 1 is 1.27 bits per heavy atom. The number of ether oxygens (including phenoxy) is 2. The molecule has 0 aliphatic carbocycles. The summed E-state index contributed by atoms with van der Waals surface area (Å²) in [5, 5.41) is 4.19. The van der Waals surface area contributed by atoms with Crippen molar-refractivity contribution in [2.24, 2.45) is 0 Å². The van der Waals surface area contributed by atoms with Gasteiger partial charge in [-0.2, -0.15) is 0 Å². The third-order valence-corrected chi connectivity index (χ3v) is 4.22. The number of hydrogen-bond donors (Lipinski definition) is 0. The molecule has 3 rings (SSSR count). The van der Waals surface area contributed by atoms with Crippen molar-refractivity contribution >= 4 is 0 Å². The average Bonchev–Trinajstić information content (AvgIpc) is 3.16. The van der Waals surface area contributed by atoms with Gasteiger partial charge in [-0.3, -0.25) is 4.90 Å². The smallest absolute Gasteiger partial charge is 0.133 e. The molecule has 1 aliphatic heterocycles. The first kappa shape index (κ1) is 14.9. The Bertz CT molecular complexity index is 639. The number of likely N-dealkylation sites (tertiary alicyclic amines) is 1. The summed E-state index contributed by atoms with van der Waals surface area (Å²) in [6.07, 6.45) is 2.29. The maximum Gasteiger partial charge on any atom is 0.133 e. The van der Waals surface area contributed by atoms with Crippen LogP contribution in [-0.4, -0.2) is 30.8 Å². The second-order valence-corrected chi connectivity index (χ2v) is 5.67. The summed E-state index contributed by atoms with van der Waals surface area (Å²) < 4.78 is 16.0. The fourth-order valence-electron chi connectivity index (χ4n) is 3.09. The zero-order chi connectivity index (χ0) is 15.5. The molecule has 5 nitrogen and oxygen atoms in total. The van der Waals surface area contributed by atoms with Crippen molar-refractivity contribution in [1.29, 1.82) is 0 Å². The van der Waals surface area contributed by atoms with E-state index in [-0.39, 0.29) is 0 Å². The van der Waals surface area contributed by atoms with Crippen molar-refractivity contribution in [2.75, 3.05) is 20.8 Å². The van der Waals surface area contributed by atoms with Crippen LogP contribution in [0.2, 0.25) is 0 Å². The molecule has 5 heteroatoms. The van der Waals surface area contributed by atoms with E-state index < -0.39 is 0 Å². The highest BCUT2D eigenvalue weighted by Gasteiger charge is 2.29. The highest BCUT2D eigenvalue weighted by Crippen LogP contribution is 2.35. The van der Waals surface area contributed by atoms with Crippen LogP contribution in [0.3, 0.4) is 0 Å². The van der Waals surface area contributed by atoms with Crippen molar-refractivity contribution in [3.8, 4) is 11.5 Å². The van der Waals surface area contributed by atoms with Gasteiger partial charge < -0.3 is 14.0 Å². The Labute approximate surface area is 130 Å². The summed E-state index contributed by atoms with van der Waals surface area (Å²) in [7, 11) is 3.36. The summed E-state index contributed by atoms with van der Waals surface area (Å²) in [5.41, 5.74) is 2.19. The lowest BCUT2D eigenvalue weighted by Gasteiger charge is -2.23. The minimum atomic E-state index is 0.323. The van der Waals surface area contributed by atoms with Crippen LogP contribution in [0, 0.1) is 6.92 Å². The molecule has 1 unspecified atom stereocenters. The molecule has 0 N–H and O–H groups in total. The van der Waals surface area contributed by atoms with E-state index >= 15 is 0 Å². The van der Waals surface area contributed by atoms with E-state index in [0.29, 0.717) is 6.04 Å². The fraction of sp³-hybridized carbons (Fsp3) is 0.471. The standard InChI is InChI=1S/C17H22N2O3/c1-12-9-15(18-22-12)16-5-4-8-19(16)11-13-6-7-14(20-2)10-17(13)21-3/h6-7,9-10,16H,4-5,8,11H2,1-3H3. The molecule has 1 aromatic heterocycles. The maximum atomic E-state index is 5.50. The van der Waals surface area contributed by atoms with Gasteiger partial charge in [0.2, 0.25) is 0 Å². The molecule has 1 fully saturated rings. The number of methoxy groups -OCH3 is 2. The van der Waals surface area contributed by atoms with Crippen LogP contribution in [0.1, 0.15) is 35.9 Å². The van der Waals surface area contributed by atoms with Gasteiger partial charge in [0.1, 0.15) is 23.0 Å². The number of benzene rings is 1. The number of aryl methyl sites for hydroxylation is 1. The highest BCUT2D eigenvalue weighted by atomic mass is 16.5. The van der Waals surface area contributed by atoms with Crippen molar-refractivity contribution in [3.05, 3.63) is 41.3 Å². The molecule has 1 aliphatic rings. The van der Waals surface area contributed by atoms with Crippen molar-refractivity contribution < 1.29 is 14.0 Å². The van der Waals surface area contributed by atoms with Gasteiger partial charge in [0.25, 0.3) is 0 Å². The number of nitrogens with zero attached hydrogens (tertiary/aromatic N) is 2. The highest BCUT2D eigenvalue weighted by molar-refractivity contribution is 5.40. The van der Waals surface area contributed by atoms with Gasteiger partial charge in [0.15, 0.2) is 0 Å². The van der Waals surface area contributed by atoms with Crippen LogP contribution in [0.5, 0.6) is 11.5 Å². The molecule has 1 saturated heterocycles.